The minimum absolute atomic E-state index is 0.301. The molecule has 5 heteroatoms. The molecule has 0 saturated heterocycles. The largest absolute Gasteiger partial charge is 0.362 e. The second kappa shape index (κ2) is 5.31. The molecular formula is C12H16BrN2O2+. The summed E-state index contributed by atoms with van der Waals surface area (Å²) < 4.78 is 0.959. The lowest BCUT2D eigenvalue weighted by Gasteiger charge is -2.11. The second-order valence-electron chi connectivity index (χ2n) is 4.66. The molecule has 0 bridgehead atoms. The van der Waals surface area contributed by atoms with Crippen LogP contribution >= 0.6 is 15.9 Å². The first kappa shape index (κ1) is 13.7. The van der Waals surface area contributed by atoms with E-state index in [9.17, 15) is 4.79 Å². The van der Waals surface area contributed by atoms with Crippen LogP contribution in [0.15, 0.2) is 28.7 Å². The number of hydrogen-bond acceptors (Lipinski definition) is 2. The average molecular weight is 300 g/mol. The first-order valence-corrected chi connectivity index (χ1v) is 5.95. The Balaban J connectivity index is 2.74. The molecule has 1 rings (SSSR count). The van der Waals surface area contributed by atoms with Gasteiger partial charge in [0.05, 0.1) is 11.0 Å². The zero-order valence-corrected chi connectivity index (χ0v) is 11.7. The third-order valence-electron chi connectivity index (χ3n) is 2.02. The van der Waals surface area contributed by atoms with Gasteiger partial charge >= 0.3 is 11.8 Å². The van der Waals surface area contributed by atoms with Crippen LogP contribution in [0.1, 0.15) is 26.3 Å². The van der Waals surface area contributed by atoms with Gasteiger partial charge in [-0.1, -0.05) is 21.1 Å². The molecule has 0 atom stereocenters. The van der Waals surface area contributed by atoms with Gasteiger partial charge in [-0.15, -0.1) is 0 Å². The molecule has 0 aliphatic heterocycles. The van der Waals surface area contributed by atoms with Crippen LogP contribution in [0, 0.1) is 5.41 Å². The first-order valence-electron chi connectivity index (χ1n) is 5.16. The summed E-state index contributed by atoms with van der Waals surface area (Å²) in [6.07, 6.45) is 0. The molecule has 0 radical (unpaired) electrons. The van der Waals surface area contributed by atoms with Crippen LogP contribution in [0.4, 0.5) is 0 Å². The molecule has 0 saturated carbocycles. The SMILES string of the molecule is CC(C)(C)C(=O)O[NH+]=C(N)c1ccc(Br)cc1. The van der Waals surface area contributed by atoms with E-state index in [1.54, 1.807) is 20.8 Å². The van der Waals surface area contributed by atoms with Gasteiger partial charge in [-0.05, 0) is 45.0 Å². The highest BCUT2D eigenvalue weighted by molar-refractivity contribution is 9.10. The molecule has 1 aromatic rings. The molecule has 4 nitrogen and oxygen atoms in total. The van der Waals surface area contributed by atoms with Gasteiger partial charge in [-0.2, -0.15) is 0 Å². The highest BCUT2D eigenvalue weighted by atomic mass is 79.9. The summed E-state index contributed by atoms with van der Waals surface area (Å²) in [6, 6.07) is 7.35. The van der Waals surface area contributed by atoms with E-state index >= 15 is 0 Å². The van der Waals surface area contributed by atoms with Gasteiger partial charge in [0.1, 0.15) is 0 Å². The van der Waals surface area contributed by atoms with Crippen LogP contribution < -0.4 is 10.9 Å². The monoisotopic (exact) mass is 299 g/mol. The zero-order chi connectivity index (χ0) is 13.1. The van der Waals surface area contributed by atoms with Crippen molar-refractivity contribution in [2.24, 2.45) is 11.1 Å². The number of nitrogens with one attached hydrogen (secondary N) is 1. The van der Waals surface area contributed by atoms with E-state index in [2.05, 4.69) is 21.1 Å². The Morgan fingerprint density at radius 2 is 1.82 bits per heavy atom. The van der Waals surface area contributed by atoms with Crippen LogP contribution in [-0.2, 0) is 9.63 Å². The second-order valence-corrected chi connectivity index (χ2v) is 5.58. The van der Waals surface area contributed by atoms with Crippen molar-refractivity contribution in [2.75, 3.05) is 0 Å². The fourth-order valence-corrected chi connectivity index (χ4v) is 1.21. The fourth-order valence-electron chi connectivity index (χ4n) is 0.943. The lowest BCUT2D eigenvalue weighted by Crippen LogP contribution is -2.76. The predicted octanol–water partition coefficient (Wildman–Crippen LogP) is 0.739. The normalized spacial score (nSPS) is 12.4. The smallest absolute Gasteiger partial charge is 0.284 e. The highest BCUT2D eigenvalue weighted by Crippen LogP contribution is 2.13. The molecule has 0 spiro atoms. The number of hydrogen-bond donors (Lipinski definition) is 2. The van der Waals surface area contributed by atoms with Gasteiger partial charge in [0.25, 0.3) is 0 Å². The molecule has 0 aliphatic carbocycles. The van der Waals surface area contributed by atoms with Crippen LogP contribution in [-0.4, -0.2) is 11.8 Å². The minimum atomic E-state index is -0.563. The van der Waals surface area contributed by atoms with Gasteiger partial charge < -0.3 is 0 Å². The third kappa shape index (κ3) is 4.19. The minimum Gasteiger partial charge on any atom is -0.284 e. The molecule has 17 heavy (non-hydrogen) atoms. The fraction of sp³-hybridized carbons (Fsp3) is 0.333. The summed E-state index contributed by atoms with van der Waals surface area (Å²) in [7, 11) is 0. The number of carbonyl (C=O) groups excluding carboxylic acids is 1. The van der Waals surface area contributed by atoms with Gasteiger partial charge in [0.15, 0.2) is 0 Å². The quantitative estimate of drug-likeness (QED) is 0.366. The molecule has 0 unspecified atom stereocenters. The van der Waals surface area contributed by atoms with Gasteiger partial charge in [0, 0.05) is 4.47 Å². The highest BCUT2D eigenvalue weighted by Gasteiger charge is 2.25. The number of carbonyl (C=O) groups is 1. The van der Waals surface area contributed by atoms with Crippen molar-refractivity contribution < 1.29 is 14.8 Å². The Labute approximate surface area is 109 Å². The van der Waals surface area contributed by atoms with Crippen LogP contribution in [0.25, 0.3) is 0 Å². The Kier molecular flexibility index (Phi) is 4.28. The number of halogens is 1. The van der Waals surface area contributed by atoms with Gasteiger partial charge in [-0.3, -0.25) is 10.6 Å². The Hall–Kier alpha value is -1.36. The molecule has 0 amide bonds. The van der Waals surface area contributed by atoms with E-state index in [0.717, 1.165) is 10.0 Å². The number of rotatable bonds is 2. The first-order chi connectivity index (χ1) is 7.80. The lowest BCUT2D eigenvalue weighted by molar-refractivity contribution is -0.725. The Bertz CT molecular complexity index is 433. The van der Waals surface area contributed by atoms with Crippen molar-refractivity contribution in [1.82, 2.24) is 0 Å². The topological polar surface area (TPSA) is 66.3 Å². The van der Waals surface area contributed by atoms with Crippen molar-refractivity contribution in [3.05, 3.63) is 34.3 Å². The Morgan fingerprint density at radius 3 is 2.29 bits per heavy atom. The van der Waals surface area contributed by atoms with Crippen LogP contribution in [0.5, 0.6) is 0 Å². The van der Waals surface area contributed by atoms with E-state index in [1.165, 1.54) is 0 Å². The maximum absolute atomic E-state index is 11.5. The van der Waals surface area contributed by atoms with Crippen molar-refractivity contribution in [1.29, 1.82) is 0 Å². The average Bonchev–Trinajstić information content (AvgIpc) is 2.25. The summed E-state index contributed by atoms with van der Waals surface area (Å²) in [5, 5.41) is 2.45. The molecule has 0 heterocycles. The molecule has 0 aliphatic rings. The third-order valence-corrected chi connectivity index (χ3v) is 2.55. The number of amidine groups is 1. The van der Waals surface area contributed by atoms with Crippen LogP contribution in [0.3, 0.4) is 0 Å². The molecule has 3 N–H and O–H groups in total. The number of nitrogen functional groups attached to an aromatic ring is 1. The molecule has 0 aromatic heterocycles. The Morgan fingerprint density at radius 1 is 1.29 bits per heavy atom. The molecule has 92 valence electrons. The van der Waals surface area contributed by atoms with E-state index in [-0.39, 0.29) is 5.97 Å². The van der Waals surface area contributed by atoms with E-state index in [1.807, 2.05) is 24.3 Å². The number of benzene rings is 1. The summed E-state index contributed by atoms with van der Waals surface area (Å²) in [6.45, 7) is 5.31. The summed E-state index contributed by atoms with van der Waals surface area (Å²) in [5.41, 5.74) is 5.95. The zero-order valence-electron chi connectivity index (χ0n) is 10.1. The van der Waals surface area contributed by atoms with Crippen molar-refractivity contribution >= 4 is 27.7 Å². The summed E-state index contributed by atoms with van der Waals surface area (Å²) in [5.74, 6) is -0.0624. The van der Waals surface area contributed by atoms with Gasteiger partial charge in [-0.25, -0.2) is 4.79 Å². The van der Waals surface area contributed by atoms with Gasteiger partial charge in [0.2, 0.25) is 0 Å². The van der Waals surface area contributed by atoms with E-state index < -0.39 is 5.41 Å². The molecule has 1 aromatic carbocycles. The summed E-state index contributed by atoms with van der Waals surface area (Å²) >= 11 is 3.33. The maximum Gasteiger partial charge on any atom is 0.362 e. The lowest BCUT2D eigenvalue weighted by atomic mass is 9.98. The van der Waals surface area contributed by atoms with E-state index in [0.29, 0.717) is 5.84 Å². The molecule has 0 fully saturated rings. The summed E-state index contributed by atoms with van der Waals surface area (Å²) in [4.78, 5) is 16.4. The van der Waals surface area contributed by atoms with Crippen molar-refractivity contribution in [3.63, 3.8) is 0 Å². The maximum atomic E-state index is 11.5. The standard InChI is InChI=1S/C12H15BrN2O2/c1-12(2,3)11(16)17-15-10(14)8-4-6-9(13)7-5-8/h4-7H,1-3H3,(H2,14,15)/p+1. The van der Waals surface area contributed by atoms with Crippen molar-refractivity contribution in [3.8, 4) is 0 Å². The number of nitrogens with two attached hydrogens (primary N) is 1. The predicted molar refractivity (Wildman–Crippen MR) is 68.9 cm³/mol. The van der Waals surface area contributed by atoms with E-state index in [4.69, 9.17) is 10.6 Å². The van der Waals surface area contributed by atoms with Crippen molar-refractivity contribution in [2.45, 2.75) is 20.8 Å². The molecular weight excluding hydrogens is 284 g/mol. The van der Waals surface area contributed by atoms with Crippen LogP contribution in [0.2, 0.25) is 0 Å².